The van der Waals surface area contributed by atoms with Crippen LogP contribution in [0.2, 0.25) is 0 Å². The largest absolute Gasteiger partial charge is 0.393 e. The quantitative estimate of drug-likeness (QED) is 0.597. The lowest BCUT2D eigenvalue weighted by Gasteiger charge is -2.41. The van der Waals surface area contributed by atoms with Gasteiger partial charge in [0.1, 0.15) is 0 Å². The van der Waals surface area contributed by atoms with Crippen LogP contribution < -0.4 is 0 Å². The van der Waals surface area contributed by atoms with Gasteiger partial charge in [0.15, 0.2) is 0 Å². The van der Waals surface area contributed by atoms with E-state index in [-0.39, 0.29) is 11.5 Å². The van der Waals surface area contributed by atoms with E-state index < -0.39 is 0 Å². The van der Waals surface area contributed by atoms with Crippen molar-refractivity contribution in [3.63, 3.8) is 0 Å². The van der Waals surface area contributed by atoms with Crippen molar-refractivity contribution < 1.29 is 5.11 Å². The lowest BCUT2D eigenvalue weighted by molar-refractivity contribution is 0.00839. The first kappa shape index (κ1) is 9.79. The Morgan fingerprint density at radius 3 is 2.67 bits per heavy atom. The van der Waals surface area contributed by atoms with E-state index in [4.69, 9.17) is 0 Å². The molecular weight excluding hydrogens is 148 g/mol. The van der Waals surface area contributed by atoms with Crippen molar-refractivity contribution in [2.75, 3.05) is 0 Å². The lowest BCUT2D eigenvalue weighted by Crippen LogP contribution is -2.37. The molecular formula is C11H20O. The third-order valence-electron chi connectivity index (χ3n) is 3.60. The summed E-state index contributed by atoms with van der Waals surface area (Å²) in [4.78, 5) is 0. The smallest absolute Gasteiger partial charge is 0.0571 e. The van der Waals surface area contributed by atoms with Crippen LogP contribution in [0, 0.1) is 11.3 Å². The molecule has 0 aliphatic heterocycles. The highest BCUT2D eigenvalue weighted by molar-refractivity contribution is 5.09. The van der Waals surface area contributed by atoms with E-state index in [9.17, 15) is 5.11 Å². The molecule has 1 aliphatic carbocycles. The molecule has 1 N–H and O–H groups in total. The van der Waals surface area contributed by atoms with Crippen LogP contribution in [0.5, 0.6) is 0 Å². The maximum Gasteiger partial charge on any atom is 0.0571 e. The van der Waals surface area contributed by atoms with Gasteiger partial charge in [0.05, 0.1) is 6.10 Å². The highest BCUT2D eigenvalue weighted by atomic mass is 16.3. The molecule has 0 aromatic rings. The molecule has 0 aromatic heterocycles. The fourth-order valence-corrected chi connectivity index (χ4v) is 1.98. The van der Waals surface area contributed by atoms with Gasteiger partial charge < -0.3 is 5.11 Å². The molecule has 1 rings (SSSR count). The Bertz CT molecular complexity index is 193. The molecule has 1 aliphatic rings. The van der Waals surface area contributed by atoms with Crippen molar-refractivity contribution in [2.24, 2.45) is 11.3 Å². The molecule has 0 fully saturated rings. The molecule has 0 saturated heterocycles. The van der Waals surface area contributed by atoms with Gasteiger partial charge in [0.25, 0.3) is 0 Å². The van der Waals surface area contributed by atoms with E-state index in [1.165, 1.54) is 5.57 Å². The van der Waals surface area contributed by atoms with Gasteiger partial charge in [0, 0.05) is 0 Å². The lowest BCUT2D eigenvalue weighted by atomic mass is 9.66. The fraction of sp³-hybridized carbons (Fsp3) is 0.818. The van der Waals surface area contributed by atoms with Crippen LogP contribution in [-0.2, 0) is 0 Å². The second kappa shape index (κ2) is 3.21. The zero-order valence-electron chi connectivity index (χ0n) is 8.59. The molecule has 12 heavy (non-hydrogen) atoms. The first-order chi connectivity index (χ1) is 5.47. The summed E-state index contributed by atoms with van der Waals surface area (Å²) in [6.45, 7) is 8.51. The summed E-state index contributed by atoms with van der Waals surface area (Å²) in [5.74, 6) is 0.600. The van der Waals surface area contributed by atoms with Gasteiger partial charge in [0.2, 0.25) is 0 Å². The van der Waals surface area contributed by atoms with E-state index in [1.807, 2.05) is 6.92 Å². The molecule has 0 saturated carbocycles. The van der Waals surface area contributed by atoms with E-state index in [1.54, 1.807) is 0 Å². The molecule has 0 spiro atoms. The molecule has 1 nitrogen and oxygen atoms in total. The highest BCUT2D eigenvalue weighted by Crippen LogP contribution is 2.42. The average Bonchev–Trinajstić information content (AvgIpc) is 1.97. The summed E-state index contributed by atoms with van der Waals surface area (Å²) in [6, 6.07) is 0. The Hall–Kier alpha value is -0.300. The molecule has 0 heterocycles. The van der Waals surface area contributed by atoms with E-state index in [0.29, 0.717) is 5.92 Å². The predicted octanol–water partition coefficient (Wildman–Crippen LogP) is 2.75. The minimum atomic E-state index is -0.197. The molecule has 1 heteroatoms. The topological polar surface area (TPSA) is 20.2 Å². The zero-order valence-corrected chi connectivity index (χ0v) is 8.59. The van der Waals surface area contributed by atoms with Crippen LogP contribution in [-0.4, -0.2) is 11.2 Å². The van der Waals surface area contributed by atoms with Gasteiger partial charge in [-0.05, 0) is 38.0 Å². The zero-order chi connectivity index (χ0) is 9.35. The van der Waals surface area contributed by atoms with Crippen LogP contribution in [0.15, 0.2) is 11.6 Å². The normalized spacial score (nSPS) is 39.1. The van der Waals surface area contributed by atoms with Gasteiger partial charge in [-0.25, -0.2) is 0 Å². The molecule has 0 radical (unpaired) electrons. The van der Waals surface area contributed by atoms with Crippen molar-refractivity contribution in [3.8, 4) is 0 Å². The minimum absolute atomic E-state index is 0.0967. The monoisotopic (exact) mass is 168 g/mol. The number of allylic oxidation sites excluding steroid dienone is 2. The summed E-state index contributed by atoms with van der Waals surface area (Å²) < 4.78 is 0. The summed E-state index contributed by atoms with van der Waals surface area (Å²) in [5, 5.41) is 9.66. The standard InChI is InChI=1S/C11H20O/c1-8-5-6-11(4,10(3)12)9(2)7-8/h5,9-10,12H,6-7H2,1-4H3. The highest BCUT2D eigenvalue weighted by Gasteiger charge is 2.36. The number of hydrogen-bond acceptors (Lipinski definition) is 1. The second-order valence-corrected chi connectivity index (χ2v) is 4.54. The van der Waals surface area contributed by atoms with Gasteiger partial charge in [-0.2, -0.15) is 0 Å². The van der Waals surface area contributed by atoms with Gasteiger partial charge in [-0.3, -0.25) is 0 Å². The molecule has 3 atom stereocenters. The van der Waals surface area contributed by atoms with Crippen LogP contribution in [0.25, 0.3) is 0 Å². The van der Waals surface area contributed by atoms with E-state index >= 15 is 0 Å². The Kier molecular flexibility index (Phi) is 2.62. The number of aliphatic hydroxyl groups excluding tert-OH is 1. The van der Waals surface area contributed by atoms with Crippen molar-refractivity contribution in [1.82, 2.24) is 0 Å². The number of aliphatic hydroxyl groups is 1. The van der Waals surface area contributed by atoms with Gasteiger partial charge >= 0.3 is 0 Å². The second-order valence-electron chi connectivity index (χ2n) is 4.54. The third kappa shape index (κ3) is 1.56. The Labute approximate surface area is 75.5 Å². The van der Waals surface area contributed by atoms with Crippen molar-refractivity contribution >= 4 is 0 Å². The van der Waals surface area contributed by atoms with Crippen molar-refractivity contribution in [1.29, 1.82) is 0 Å². The minimum Gasteiger partial charge on any atom is -0.393 e. The summed E-state index contributed by atoms with van der Waals surface area (Å²) in [6.07, 6.45) is 4.24. The van der Waals surface area contributed by atoms with Crippen LogP contribution in [0.4, 0.5) is 0 Å². The van der Waals surface area contributed by atoms with Crippen molar-refractivity contribution in [2.45, 2.75) is 46.6 Å². The summed E-state index contributed by atoms with van der Waals surface area (Å²) >= 11 is 0. The Morgan fingerprint density at radius 2 is 2.25 bits per heavy atom. The van der Waals surface area contributed by atoms with Crippen molar-refractivity contribution in [3.05, 3.63) is 11.6 Å². The molecule has 3 unspecified atom stereocenters. The average molecular weight is 168 g/mol. The van der Waals surface area contributed by atoms with Crippen LogP contribution >= 0.6 is 0 Å². The SMILES string of the molecule is CC1=CCC(C)(C(C)O)C(C)C1. The first-order valence-corrected chi connectivity index (χ1v) is 4.80. The third-order valence-corrected chi connectivity index (χ3v) is 3.60. The molecule has 70 valence electrons. The maximum atomic E-state index is 9.66. The maximum absolute atomic E-state index is 9.66. The fourth-order valence-electron chi connectivity index (χ4n) is 1.98. The van der Waals surface area contributed by atoms with Gasteiger partial charge in [-0.1, -0.05) is 25.5 Å². The van der Waals surface area contributed by atoms with Gasteiger partial charge in [-0.15, -0.1) is 0 Å². The van der Waals surface area contributed by atoms with Crippen LogP contribution in [0.3, 0.4) is 0 Å². The molecule has 0 bridgehead atoms. The first-order valence-electron chi connectivity index (χ1n) is 4.80. The number of rotatable bonds is 1. The predicted molar refractivity (Wildman–Crippen MR) is 51.9 cm³/mol. The molecule has 0 aromatic carbocycles. The summed E-state index contributed by atoms with van der Waals surface area (Å²) in [5.41, 5.74) is 1.57. The Balaban J connectivity index is 2.80. The number of hydrogen-bond donors (Lipinski definition) is 1. The summed E-state index contributed by atoms with van der Waals surface area (Å²) in [7, 11) is 0. The molecule has 0 amide bonds. The van der Waals surface area contributed by atoms with E-state index in [2.05, 4.69) is 26.8 Å². The van der Waals surface area contributed by atoms with Crippen LogP contribution in [0.1, 0.15) is 40.5 Å². The Morgan fingerprint density at radius 1 is 1.67 bits per heavy atom. The van der Waals surface area contributed by atoms with E-state index in [0.717, 1.165) is 12.8 Å².